The first-order chi connectivity index (χ1) is 10.3. The number of aliphatic hydroxyl groups is 1. The SMILES string of the molecule is CCOc1ccc(C(C#N)N2CCN(CCO)CC2)cc1. The van der Waals surface area contributed by atoms with E-state index in [0.29, 0.717) is 13.2 Å². The van der Waals surface area contributed by atoms with Gasteiger partial charge in [0.2, 0.25) is 0 Å². The van der Waals surface area contributed by atoms with E-state index in [-0.39, 0.29) is 12.6 Å². The number of ether oxygens (including phenoxy) is 1. The highest BCUT2D eigenvalue weighted by molar-refractivity contribution is 5.31. The molecule has 1 aromatic rings. The van der Waals surface area contributed by atoms with E-state index < -0.39 is 0 Å². The largest absolute Gasteiger partial charge is 0.494 e. The monoisotopic (exact) mass is 289 g/mol. The minimum atomic E-state index is -0.211. The van der Waals surface area contributed by atoms with Gasteiger partial charge in [-0.05, 0) is 24.6 Å². The first kappa shape index (κ1) is 15.8. The van der Waals surface area contributed by atoms with Gasteiger partial charge in [0.25, 0.3) is 0 Å². The Morgan fingerprint density at radius 2 is 1.90 bits per heavy atom. The Morgan fingerprint density at radius 1 is 1.24 bits per heavy atom. The van der Waals surface area contributed by atoms with Gasteiger partial charge in [0, 0.05) is 32.7 Å². The molecule has 1 aromatic carbocycles. The molecule has 0 amide bonds. The van der Waals surface area contributed by atoms with Crippen molar-refractivity contribution in [2.24, 2.45) is 0 Å². The second kappa shape index (κ2) is 7.99. The number of piperazine rings is 1. The van der Waals surface area contributed by atoms with Crippen LogP contribution in [-0.2, 0) is 0 Å². The minimum absolute atomic E-state index is 0.195. The van der Waals surface area contributed by atoms with Crippen LogP contribution in [0.25, 0.3) is 0 Å². The zero-order valence-electron chi connectivity index (χ0n) is 12.5. The van der Waals surface area contributed by atoms with Crippen LogP contribution in [-0.4, -0.2) is 60.8 Å². The molecule has 1 aliphatic heterocycles. The molecule has 5 heteroatoms. The summed E-state index contributed by atoms with van der Waals surface area (Å²) in [6, 6.07) is 9.98. The Hall–Kier alpha value is -1.61. The van der Waals surface area contributed by atoms with E-state index in [0.717, 1.165) is 37.5 Å². The fourth-order valence-corrected chi connectivity index (χ4v) is 2.67. The molecule has 1 aliphatic rings. The summed E-state index contributed by atoms with van der Waals surface area (Å²) in [6.45, 7) is 7.02. The van der Waals surface area contributed by atoms with Gasteiger partial charge in [-0.15, -0.1) is 0 Å². The number of β-amino-alcohol motifs (C(OH)–C–C–N with tert-alkyl or cyclic N) is 1. The van der Waals surface area contributed by atoms with Gasteiger partial charge in [-0.2, -0.15) is 5.26 Å². The summed E-state index contributed by atoms with van der Waals surface area (Å²) in [6.07, 6.45) is 0. The number of nitrogens with zero attached hydrogens (tertiary/aromatic N) is 3. The fourth-order valence-electron chi connectivity index (χ4n) is 2.67. The van der Waals surface area contributed by atoms with Gasteiger partial charge in [-0.3, -0.25) is 9.80 Å². The second-order valence-corrected chi connectivity index (χ2v) is 5.13. The van der Waals surface area contributed by atoms with E-state index in [9.17, 15) is 5.26 Å². The van der Waals surface area contributed by atoms with Gasteiger partial charge in [0.15, 0.2) is 0 Å². The van der Waals surface area contributed by atoms with Crippen LogP contribution >= 0.6 is 0 Å². The van der Waals surface area contributed by atoms with E-state index in [1.165, 1.54) is 0 Å². The number of hydrogen-bond donors (Lipinski definition) is 1. The molecule has 0 aliphatic carbocycles. The molecule has 21 heavy (non-hydrogen) atoms. The molecule has 1 atom stereocenters. The van der Waals surface area contributed by atoms with Gasteiger partial charge in [0.05, 0.1) is 19.3 Å². The third kappa shape index (κ3) is 4.18. The van der Waals surface area contributed by atoms with Crippen molar-refractivity contribution in [3.63, 3.8) is 0 Å². The molecule has 1 heterocycles. The maximum atomic E-state index is 9.50. The number of rotatable bonds is 6. The molecule has 1 N–H and O–H groups in total. The lowest BCUT2D eigenvalue weighted by atomic mass is 10.1. The summed E-state index contributed by atoms with van der Waals surface area (Å²) in [5, 5.41) is 18.5. The standard InChI is InChI=1S/C16H23N3O2/c1-2-21-15-5-3-14(4-6-15)16(13-17)19-9-7-18(8-10-19)11-12-20/h3-6,16,20H,2,7-12H2,1H3. The number of hydrogen-bond acceptors (Lipinski definition) is 5. The molecule has 0 spiro atoms. The fraction of sp³-hybridized carbons (Fsp3) is 0.562. The molecule has 0 aromatic heterocycles. The lowest BCUT2D eigenvalue weighted by Gasteiger charge is -2.36. The highest BCUT2D eigenvalue weighted by Gasteiger charge is 2.24. The van der Waals surface area contributed by atoms with E-state index in [1.807, 2.05) is 31.2 Å². The van der Waals surface area contributed by atoms with Crippen molar-refractivity contribution < 1.29 is 9.84 Å². The van der Waals surface area contributed by atoms with Crippen LogP contribution in [0, 0.1) is 11.3 Å². The summed E-state index contributed by atoms with van der Waals surface area (Å²) in [5.74, 6) is 0.839. The first-order valence-electron chi connectivity index (χ1n) is 7.48. The molecule has 2 rings (SSSR count). The van der Waals surface area contributed by atoms with Crippen LogP contribution in [0.5, 0.6) is 5.75 Å². The van der Waals surface area contributed by atoms with Crippen LogP contribution in [0.2, 0.25) is 0 Å². The number of benzene rings is 1. The van der Waals surface area contributed by atoms with Crippen LogP contribution in [0.4, 0.5) is 0 Å². The van der Waals surface area contributed by atoms with Crippen LogP contribution < -0.4 is 4.74 Å². The van der Waals surface area contributed by atoms with Gasteiger partial charge in [0.1, 0.15) is 11.8 Å². The summed E-state index contributed by atoms with van der Waals surface area (Å²) in [5.41, 5.74) is 1.01. The summed E-state index contributed by atoms with van der Waals surface area (Å²) in [7, 11) is 0. The quantitative estimate of drug-likeness (QED) is 0.854. The van der Waals surface area contributed by atoms with Crippen LogP contribution in [0.1, 0.15) is 18.5 Å². The number of aliphatic hydroxyl groups excluding tert-OH is 1. The van der Waals surface area contributed by atoms with E-state index in [2.05, 4.69) is 15.9 Å². The van der Waals surface area contributed by atoms with Gasteiger partial charge in [-0.25, -0.2) is 0 Å². The van der Waals surface area contributed by atoms with Crippen LogP contribution in [0.15, 0.2) is 24.3 Å². The normalized spacial score (nSPS) is 18.1. The molecular weight excluding hydrogens is 266 g/mol. The van der Waals surface area contributed by atoms with E-state index in [1.54, 1.807) is 0 Å². The van der Waals surface area contributed by atoms with Crippen molar-refractivity contribution in [1.82, 2.24) is 9.80 Å². The Labute approximate surface area is 126 Å². The maximum absolute atomic E-state index is 9.50. The molecule has 5 nitrogen and oxygen atoms in total. The Morgan fingerprint density at radius 3 is 2.43 bits per heavy atom. The average Bonchev–Trinajstić information content (AvgIpc) is 2.52. The molecule has 0 radical (unpaired) electrons. The third-order valence-electron chi connectivity index (χ3n) is 3.82. The van der Waals surface area contributed by atoms with Crippen molar-refractivity contribution in [2.45, 2.75) is 13.0 Å². The molecule has 1 saturated heterocycles. The van der Waals surface area contributed by atoms with Gasteiger partial charge in [-0.1, -0.05) is 12.1 Å². The lowest BCUT2D eigenvalue weighted by molar-refractivity contribution is 0.0982. The maximum Gasteiger partial charge on any atom is 0.123 e. The zero-order valence-corrected chi connectivity index (χ0v) is 12.5. The summed E-state index contributed by atoms with van der Waals surface area (Å²) in [4.78, 5) is 4.42. The topological polar surface area (TPSA) is 59.7 Å². The predicted molar refractivity (Wildman–Crippen MR) is 81.1 cm³/mol. The Balaban J connectivity index is 1.98. The average molecular weight is 289 g/mol. The van der Waals surface area contributed by atoms with Gasteiger partial charge >= 0.3 is 0 Å². The van der Waals surface area contributed by atoms with E-state index in [4.69, 9.17) is 9.84 Å². The van der Waals surface area contributed by atoms with Crippen molar-refractivity contribution >= 4 is 0 Å². The molecule has 1 fully saturated rings. The minimum Gasteiger partial charge on any atom is -0.494 e. The first-order valence-corrected chi connectivity index (χ1v) is 7.48. The zero-order chi connectivity index (χ0) is 15.1. The van der Waals surface area contributed by atoms with Gasteiger partial charge < -0.3 is 9.84 Å². The molecule has 0 saturated carbocycles. The highest BCUT2D eigenvalue weighted by Crippen LogP contribution is 2.23. The second-order valence-electron chi connectivity index (χ2n) is 5.13. The Bertz CT molecular complexity index is 461. The number of nitriles is 1. The lowest BCUT2D eigenvalue weighted by Crippen LogP contribution is -2.48. The molecule has 1 unspecified atom stereocenters. The predicted octanol–water partition coefficient (Wildman–Crippen LogP) is 1.26. The van der Waals surface area contributed by atoms with Crippen molar-refractivity contribution in [3.05, 3.63) is 29.8 Å². The molecule has 0 bridgehead atoms. The van der Waals surface area contributed by atoms with Crippen molar-refractivity contribution in [1.29, 1.82) is 5.26 Å². The summed E-state index contributed by atoms with van der Waals surface area (Å²) < 4.78 is 5.43. The Kier molecular flexibility index (Phi) is 6.00. The van der Waals surface area contributed by atoms with Crippen LogP contribution in [0.3, 0.4) is 0 Å². The smallest absolute Gasteiger partial charge is 0.123 e. The van der Waals surface area contributed by atoms with Crippen molar-refractivity contribution in [3.8, 4) is 11.8 Å². The highest BCUT2D eigenvalue weighted by atomic mass is 16.5. The third-order valence-corrected chi connectivity index (χ3v) is 3.82. The molecular formula is C16H23N3O2. The van der Waals surface area contributed by atoms with E-state index >= 15 is 0 Å². The van der Waals surface area contributed by atoms with Crippen molar-refractivity contribution in [2.75, 3.05) is 45.9 Å². The molecule has 114 valence electrons. The summed E-state index contributed by atoms with van der Waals surface area (Å²) >= 11 is 0.